The molecule has 1 aromatic carbocycles. The van der Waals surface area contributed by atoms with Crippen LogP contribution in [0.5, 0.6) is 0 Å². The Labute approximate surface area is 95.2 Å². The maximum absolute atomic E-state index is 11.2. The number of hydrogen-bond donors (Lipinski definition) is 2. The van der Waals surface area contributed by atoms with Crippen molar-refractivity contribution in [1.82, 2.24) is 5.32 Å². The molecule has 0 aliphatic carbocycles. The summed E-state index contributed by atoms with van der Waals surface area (Å²) in [5, 5.41) is 6.35. The maximum atomic E-state index is 11.2. The van der Waals surface area contributed by atoms with E-state index in [9.17, 15) is 4.79 Å². The summed E-state index contributed by atoms with van der Waals surface area (Å²) >= 11 is 0. The van der Waals surface area contributed by atoms with Crippen LogP contribution in [0.4, 0.5) is 5.69 Å². The van der Waals surface area contributed by atoms with Crippen LogP contribution in [0.15, 0.2) is 18.2 Å². The lowest BCUT2D eigenvalue weighted by atomic mass is 9.86. The molecule has 0 aromatic heterocycles. The van der Waals surface area contributed by atoms with Crippen molar-refractivity contribution < 1.29 is 4.79 Å². The molecule has 0 bridgehead atoms. The van der Waals surface area contributed by atoms with E-state index in [0.717, 1.165) is 24.6 Å². The summed E-state index contributed by atoms with van der Waals surface area (Å²) in [7, 11) is 0. The van der Waals surface area contributed by atoms with Gasteiger partial charge in [0.05, 0.1) is 0 Å². The van der Waals surface area contributed by atoms with Gasteiger partial charge in [0, 0.05) is 24.7 Å². The standard InChI is InChI=1S/C13H16N2O/c1-8-7-14-13(8)10-2-4-11-9(6-10)3-5-12(16)15-11/h2,4,6,8,13-14H,3,5,7H2,1H3,(H,15,16). The highest BCUT2D eigenvalue weighted by atomic mass is 16.1. The molecule has 16 heavy (non-hydrogen) atoms. The third-order valence-electron chi connectivity index (χ3n) is 3.61. The Morgan fingerprint density at radius 3 is 2.88 bits per heavy atom. The molecular formula is C13H16N2O. The van der Waals surface area contributed by atoms with Crippen molar-refractivity contribution in [2.45, 2.75) is 25.8 Å². The van der Waals surface area contributed by atoms with E-state index in [1.165, 1.54) is 11.1 Å². The molecule has 2 aliphatic rings. The molecule has 0 saturated carbocycles. The Balaban J connectivity index is 1.90. The number of anilines is 1. The normalized spacial score (nSPS) is 27.9. The maximum Gasteiger partial charge on any atom is 0.224 e. The Hall–Kier alpha value is -1.35. The highest BCUT2D eigenvalue weighted by Gasteiger charge is 2.28. The van der Waals surface area contributed by atoms with Crippen LogP contribution in [-0.2, 0) is 11.2 Å². The van der Waals surface area contributed by atoms with E-state index in [4.69, 9.17) is 0 Å². The number of hydrogen-bond acceptors (Lipinski definition) is 2. The average molecular weight is 216 g/mol. The molecule has 2 aliphatic heterocycles. The second-order valence-electron chi connectivity index (χ2n) is 4.83. The molecule has 3 rings (SSSR count). The van der Waals surface area contributed by atoms with Crippen molar-refractivity contribution >= 4 is 11.6 Å². The molecule has 2 unspecified atom stereocenters. The Kier molecular flexibility index (Phi) is 2.21. The minimum absolute atomic E-state index is 0.135. The second-order valence-corrected chi connectivity index (χ2v) is 4.83. The van der Waals surface area contributed by atoms with Crippen molar-refractivity contribution in [2.75, 3.05) is 11.9 Å². The van der Waals surface area contributed by atoms with Gasteiger partial charge in [-0.25, -0.2) is 0 Å². The van der Waals surface area contributed by atoms with Gasteiger partial charge in [0.2, 0.25) is 5.91 Å². The zero-order valence-electron chi connectivity index (χ0n) is 9.42. The molecule has 3 nitrogen and oxygen atoms in total. The first-order chi connectivity index (χ1) is 7.74. The monoisotopic (exact) mass is 216 g/mol. The molecule has 3 heteroatoms. The van der Waals surface area contributed by atoms with E-state index in [1.807, 2.05) is 6.07 Å². The van der Waals surface area contributed by atoms with Crippen LogP contribution >= 0.6 is 0 Å². The lowest BCUT2D eigenvalue weighted by Crippen LogP contribution is -2.44. The number of carbonyl (C=O) groups excluding carboxylic acids is 1. The summed E-state index contributed by atoms with van der Waals surface area (Å²) in [6.07, 6.45) is 1.49. The number of carbonyl (C=O) groups is 1. The predicted molar refractivity (Wildman–Crippen MR) is 63.3 cm³/mol. The summed E-state index contributed by atoms with van der Waals surface area (Å²) in [5.74, 6) is 0.853. The average Bonchev–Trinajstić information content (AvgIpc) is 2.27. The van der Waals surface area contributed by atoms with E-state index in [0.29, 0.717) is 12.5 Å². The minimum atomic E-state index is 0.135. The minimum Gasteiger partial charge on any atom is -0.326 e. The molecule has 2 atom stereocenters. The number of amides is 1. The lowest BCUT2D eigenvalue weighted by molar-refractivity contribution is -0.116. The van der Waals surface area contributed by atoms with E-state index >= 15 is 0 Å². The highest BCUT2D eigenvalue weighted by Crippen LogP contribution is 2.32. The summed E-state index contributed by atoms with van der Waals surface area (Å²) in [6.45, 7) is 3.38. The first kappa shape index (κ1) is 9.85. The molecule has 1 amide bonds. The van der Waals surface area contributed by atoms with Gasteiger partial charge < -0.3 is 10.6 Å². The van der Waals surface area contributed by atoms with Crippen molar-refractivity contribution in [3.63, 3.8) is 0 Å². The predicted octanol–water partition coefficient (Wildman–Crippen LogP) is 1.85. The fraction of sp³-hybridized carbons (Fsp3) is 0.462. The molecule has 2 N–H and O–H groups in total. The molecule has 1 fully saturated rings. The van der Waals surface area contributed by atoms with Gasteiger partial charge in [0.15, 0.2) is 0 Å². The van der Waals surface area contributed by atoms with Gasteiger partial charge in [-0.3, -0.25) is 4.79 Å². The van der Waals surface area contributed by atoms with E-state index in [1.54, 1.807) is 0 Å². The van der Waals surface area contributed by atoms with Gasteiger partial charge in [0.1, 0.15) is 0 Å². The zero-order chi connectivity index (χ0) is 11.1. The molecule has 84 valence electrons. The van der Waals surface area contributed by atoms with Gasteiger partial charge in [-0.15, -0.1) is 0 Å². The molecule has 2 heterocycles. The quantitative estimate of drug-likeness (QED) is 0.752. The molecular weight excluding hydrogens is 200 g/mol. The summed E-state index contributed by atoms with van der Waals surface area (Å²) in [6, 6.07) is 6.90. The van der Waals surface area contributed by atoms with Crippen LogP contribution in [0.3, 0.4) is 0 Å². The SMILES string of the molecule is CC1CNC1c1ccc2c(c1)CCC(=O)N2. The van der Waals surface area contributed by atoms with Gasteiger partial charge in [-0.05, 0) is 29.5 Å². The smallest absolute Gasteiger partial charge is 0.224 e. The number of benzene rings is 1. The van der Waals surface area contributed by atoms with Gasteiger partial charge >= 0.3 is 0 Å². The number of nitrogens with one attached hydrogen (secondary N) is 2. The first-order valence-electron chi connectivity index (χ1n) is 5.90. The van der Waals surface area contributed by atoms with Crippen LogP contribution < -0.4 is 10.6 Å². The highest BCUT2D eigenvalue weighted by molar-refractivity contribution is 5.93. The number of fused-ring (bicyclic) bond motifs is 1. The number of aryl methyl sites for hydroxylation is 1. The third-order valence-corrected chi connectivity index (χ3v) is 3.61. The van der Waals surface area contributed by atoms with Crippen LogP contribution in [0.25, 0.3) is 0 Å². The van der Waals surface area contributed by atoms with Crippen LogP contribution in [0, 0.1) is 5.92 Å². The third kappa shape index (κ3) is 1.52. The summed E-state index contributed by atoms with van der Waals surface area (Å²) < 4.78 is 0. The van der Waals surface area contributed by atoms with E-state index < -0.39 is 0 Å². The van der Waals surface area contributed by atoms with Crippen molar-refractivity contribution in [3.8, 4) is 0 Å². The fourth-order valence-electron chi connectivity index (χ4n) is 2.51. The van der Waals surface area contributed by atoms with Gasteiger partial charge in [-0.2, -0.15) is 0 Å². The molecule has 0 spiro atoms. The van der Waals surface area contributed by atoms with Crippen molar-refractivity contribution in [2.24, 2.45) is 5.92 Å². The Morgan fingerprint density at radius 1 is 1.31 bits per heavy atom. The largest absolute Gasteiger partial charge is 0.326 e. The molecule has 1 saturated heterocycles. The zero-order valence-corrected chi connectivity index (χ0v) is 9.42. The lowest BCUT2D eigenvalue weighted by Gasteiger charge is -2.36. The van der Waals surface area contributed by atoms with Crippen LogP contribution in [-0.4, -0.2) is 12.5 Å². The molecule has 0 radical (unpaired) electrons. The molecule has 1 aromatic rings. The Bertz CT molecular complexity index is 442. The van der Waals surface area contributed by atoms with E-state index in [2.05, 4.69) is 29.7 Å². The second kappa shape index (κ2) is 3.59. The number of rotatable bonds is 1. The Morgan fingerprint density at radius 2 is 2.19 bits per heavy atom. The summed E-state index contributed by atoms with van der Waals surface area (Å²) in [5.41, 5.74) is 3.62. The topological polar surface area (TPSA) is 41.1 Å². The fourth-order valence-corrected chi connectivity index (χ4v) is 2.51. The van der Waals surface area contributed by atoms with Gasteiger partial charge in [-0.1, -0.05) is 19.1 Å². The van der Waals surface area contributed by atoms with Gasteiger partial charge in [0.25, 0.3) is 0 Å². The van der Waals surface area contributed by atoms with E-state index in [-0.39, 0.29) is 5.91 Å². The van der Waals surface area contributed by atoms with Crippen LogP contribution in [0.2, 0.25) is 0 Å². The van der Waals surface area contributed by atoms with Crippen LogP contribution in [0.1, 0.15) is 30.5 Å². The summed E-state index contributed by atoms with van der Waals surface area (Å²) in [4.78, 5) is 11.2. The van der Waals surface area contributed by atoms with Crippen molar-refractivity contribution in [1.29, 1.82) is 0 Å². The first-order valence-corrected chi connectivity index (χ1v) is 5.90. The van der Waals surface area contributed by atoms with Crippen molar-refractivity contribution in [3.05, 3.63) is 29.3 Å².